The van der Waals surface area contributed by atoms with Gasteiger partial charge >= 0.3 is 0 Å². The van der Waals surface area contributed by atoms with Gasteiger partial charge in [-0.3, -0.25) is 9.36 Å². The Labute approximate surface area is 60.1 Å². The van der Waals surface area contributed by atoms with Crippen molar-refractivity contribution in [3.63, 3.8) is 0 Å². The van der Waals surface area contributed by atoms with E-state index in [9.17, 15) is 9.36 Å². The number of rotatable bonds is 2. The molecule has 0 aliphatic heterocycles. The highest BCUT2D eigenvalue weighted by Crippen LogP contribution is 2.00. The first-order chi connectivity index (χ1) is 4.88. The van der Waals surface area contributed by atoms with Crippen LogP contribution in [0.2, 0.25) is 0 Å². The second-order valence-corrected chi connectivity index (χ2v) is 2.43. The fourth-order valence-corrected chi connectivity index (χ4v) is 1.05. The minimum atomic E-state index is -0.103. The molecule has 1 rings (SSSR count). The van der Waals surface area contributed by atoms with E-state index in [1.807, 2.05) is 0 Å². The Morgan fingerprint density at radius 2 is 2.00 bits per heavy atom. The van der Waals surface area contributed by atoms with Gasteiger partial charge in [0.25, 0.3) is 0 Å². The molecule has 0 spiro atoms. The number of benzene rings is 1. The summed E-state index contributed by atoms with van der Waals surface area (Å²) in [7, 11) is -0.103. The van der Waals surface area contributed by atoms with E-state index in [-0.39, 0.29) is 8.46 Å². The quantitative estimate of drug-likeness (QED) is 0.474. The molecule has 0 radical (unpaired) electrons. The molecule has 50 valence electrons. The number of aldehydes is 1. The molecule has 0 fully saturated rings. The first-order valence-electron chi connectivity index (χ1n) is 2.76. The van der Waals surface area contributed by atoms with Gasteiger partial charge in [0.05, 0.1) is 5.30 Å². The lowest BCUT2D eigenvalue weighted by Crippen LogP contribution is -1.98. The Kier molecular flexibility index (Phi) is 2.30. The van der Waals surface area contributed by atoms with Crippen molar-refractivity contribution in [3.05, 3.63) is 29.8 Å². The standard InChI is InChI=1S/C7H5O2P/c8-5-6-3-1-2-4-7(6)10-9/h1-5H. The Morgan fingerprint density at radius 1 is 1.30 bits per heavy atom. The van der Waals surface area contributed by atoms with E-state index in [0.717, 1.165) is 0 Å². The SMILES string of the molecule is O=Cc1ccccc1P=O. The molecular weight excluding hydrogens is 147 g/mol. The zero-order chi connectivity index (χ0) is 7.40. The lowest BCUT2D eigenvalue weighted by molar-refractivity contribution is 0.112. The predicted molar refractivity (Wildman–Crippen MR) is 39.1 cm³/mol. The Hall–Kier alpha value is -1.01. The smallest absolute Gasteiger partial charge is 0.193 e. The van der Waals surface area contributed by atoms with Crippen LogP contribution in [-0.4, -0.2) is 6.29 Å². The minimum Gasteiger partial charge on any atom is -0.298 e. The highest BCUT2D eigenvalue weighted by molar-refractivity contribution is 7.34. The van der Waals surface area contributed by atoms with Gasteiger partial charge in [0.2, 0.25) is 0 Å². The highest BCUT2D eigenvalue weighted by atomic mass is 31.1. The molecule has 10 heavy (non-hydrogen) atoms. The van der Waals surface area contributed by atoms with Gasteiger partial charge in [-0.2, -0.15) is 0 Å². The van der Waals surface area contributed by atoms with Gasteiger partial charge in [-0.1, -0.05) is 18.2 Å². The maximum absolute atomic E-state index is 10.3. The van der Waals surface area contributed by atoms with Gasteiger partial charge < -0.3 is 0 Å². The summed E-state index contributed by atoms with van der Waals surface area (Å²) in [6, 6.07) is 6.76. The number of carbonyl (C=O) groups is 1. The fourth-order valence-electron chi connectivity index (χ4n) is 0.670. The van der Waals surface area contributed by atoms with Gasteiger partial charge in [0.15, 0.2) is 14.7 Å². The van der Waals surface area contributed by atoms with Crippen molar-refractivity contribution in [1.82, 2.24) is 0 Å². The number of hydrogen-bond acceptors (Lipinski definition) is 2. The van der Waals surface area contributed by atoms with Crippen molar-refractivity contribution >= 4 is 20.1 Å². The van der Waals surface area contributed by atoms with E-state index < -0.39 is 0 Å². The van der Waals surface area contributed by atoms with Crippen LogP contribution in [0.1, 0.15) is 10.4 Å². The van der Waals surface area contributed by atoms with Gasteiger partial charge in [-0.15, -0.1) is 0 Å². The normalized spacial score (nSPS) is 9.60. The summed E-state index contributed by atoms with van der Waals surface area (Å²) in [6.07, 6.45) is 0.695. The summed E-state index contributed by atoms with van der Waals surface area (Å²) >= 11 is 0. The van der Waals surface area contributed by atoms with E-state index in [4.69, 9.17) is 0 Å². The molecule has 1 aromatic rings. The maximum atomic E-state index is 10.3. The van der Waals surface area contributed by atoms with Crippen LogP contribution >= 0.6 is 8.46 Å². The van der Waals surface area contributed by atoms with Crippen molar-refractivity contribution in [2.75, 3.05) is 0 Å². The van der Waals surface area contributed by atoms with Crippen LogP contribution in [0.5, 0.6) is 0 Å². The van der Waals surface area contributed by atoms with E-state index >= 15 is 0 Å². The molecule has 0 amide bonds. The van der Waals surface area contributed by atoms with Crippen molar-refractivity contribution in [2.24, 2.45) is 0 Å². The summed E-state index contributed by atoms with van der Waals surface area (Å²) in [5, 5.41) is 0.539. The minimum absolute atomic E-state index is 0.103. The van der Waals surface area contributed by atoms with E-state index in [1.165, 1.54) is 0 Å². The molecular formula is C7H5O2P. The van der Waals surface area contributed by atoms with E-state index in [0.29, 0.717) is 17.2 Å². The van der Waals surface area contributed by atoms with Crippen LogP contribution < -0.4 is 5.30 Å². The van der Waals surface area contributed by atoms with E-state index in [1.54, 1.807) is 24.3 Å². The number of carbonyl (C=O) groups excluding carboxylic acids is 1. The molecule has 0 unspecified atom stereocenters. The zero-order valence-corrected chi connectivity index (χ0v) is 6.04. The average molecular weight is 152 g/mol. The first-order valence-corrected chi connectivity index (χ1v) is 3.57. The second-order valence-electron chi connectivity index (χ2n) is 1.77. The molecule has 0 aliphatic carbocycles. The maximum Gasteiger partial charge on any atom is 0.193 e. The average Bonchev–Trinajstić information content (AvgIpc) is 2.04. The molecule has 0 heterocycles. The molecule has 0 saturated heterocycles. The van der Waals surface area contributed by atoms with Gasteiger partial charge in [0, 0.05) is 5.56 Å². The summed E-state index contributed by atoms with van der Waals surface area (Å²) < 4.78 is 10.3. The lowest BCUT2D eigenvalue weighted by Gasteiger charge is -1.90. The topological polar surface area (TPSA) is 34.1 Å². The summed E-state index contributed by atoms with van der Waals surface area (Å²) in [6.45, 7) is 0. The first kappa shape index (κ1) is 7.10. The zero-order valence-electron chi connectivity index (χ0n) is 5.15. The molecule has 2 nitrogen and oxygen atoms in total. The molecule has 3 heteroatoms. The van der Waals surface area contributed by atoms with Crippen molar-refractivity contribution in [2.45, 2.75) is 0 Å². The van der Waals surface area contributed by atoms with Crippen LogP contribution in [0, 0.1) is 0 Å². The van der Waals surface area contributed by atoms with Crippen LogP contribution in [0.4, 0.5) is 0 Å². The van der Waals surface area contributed by atoms with Gasteiger partial charge in [-0.05, 0) is 6.07 Å². The van der Waals surface area contributed by atoms with Crippen molar-refractivity contribution in [1.29, 1.82) is 0 Å². The third-order valence-corrected chi connectivity index (χ3v) is 1.77. The van der Waals surface area contributed by atoms with E-state index in [2.05, 4.69) is 0 Å². The monoisotopic (exact) mass is 152 g/mol. The molecule has 0 N–H and O–H groups in total. The predicted octanol–water partition coefficient (Wildman–Crippen LogP) is 1.42. The number of hydrogen-bond donors (Lipinski definition) is 0. The van der Waals surface area contributed by atoms with Gasteiger partial charge in [0.1, 0.15) is 0 Å². The van der Waals surface area contributed by atoms with Crippen LogP contribution in [0.3, 0.4) is 0 Å². The third kappa shape index (κ3) is 1.28. The largest absolute Gasteiger partial charge is 0.298 e. The molecule has 0 aromatic heterocycles. The third-order valence-electron chi connectivity index (χ3n) is 1.16. The second kappa shape index (κ2) is 3.23. The van der Waals surface area contributed by atoms with Crippen LogP contribution in [0.15, 0.2) is 24.3 Å². The van der Waals surface area contributed by atoms with Crippen LogP contribution in [0.25, 0.3) is 0 Å². The van der Waals surface area contributed by atoms with Gasteiger partial charge in [-0.25, -0.2) is 0 Å². The van der Waals surface area contributed by atoms with Crippen molar-refractivity contribution < 1.29 is 9.36 Å². The molecule has 0 atom stereocenters. The Balaban J connectivity index is 3.20. The fraction of sp³-hybridized carbons (Fsp3) is 0. The molecule has 0 bridgehead atoms. The van der Waals surface area contributed by atoms with Crippen LogP contribution in [-0.2, 0) is 4.57 Å². The summed E-state index contributed by atoms with van der Waals surface area (Å²) in [5.74, 6) is 0. The van der Waals surface area contributed by atoms with Crippen molar-refractivity contribution in [3.8, 4) is 0 Å². The molecule has 0 aliphatic rings. The Bertz CT molecular complexity index is 231. The molecule has 0 saturated carbocycles. The Morgan fingerprint density at radius 3 is 2.50 bits per heavy atom. The highest BCUT2D eigenvalue weighted by Gasteiger charge is 1.96. The lowest BCUT2D eigenvalue weighted by atomic mass is 10.2. The summed E-state index contributed by atoms with van der Waals surface area (Å²) in [5.41, 5.74) is 0.485. The molecule has 1 aromatic carbocycles. The summed E-state index contributed by atoms with van der Waals surface area (Å²) in [4.78, 5) is 10.2.